The fraction of sp³-hybridized carbons (Fsp3) is 0.389. The minimum atomic E-state index is -1.41. The number of aliphatic carboxylic acids is 1. The molecule has 0 spiro atoms. The van der Waals surface area contributed by atoms with Gasteiger partial charge in [0.25, 0.3) is 5.91 Å². The molecule has 3 unspecified atom stereocenters. The molecule has 0 aliphatic carbocycles. The predicted molar refractivity (Wildman–Crippen MR) is 86.8 cm³/mol. The van der Waals surface area contributed by atoms with Crippen LogP contribution in [-0.2, 0) is 9.59 Å². The molecule has 2 heterocycles. The van der Waals surface area contributed by atoms with Crippen molar-refractivity contribution in [3.8, 4) is 0 Å². The van der Waals surface area contributed by atoms with Crippen LogP contribution >= 0.6 is 0 Å². The molecule has 2 aliphatic heterocycles. The summed E-state index contributed by atoms with van der Waals surface area (Å²) in [6.45, 7) is 3.86. The number of fused-ring (bicyclic) bond motifs is 1. The number of amides is 2. The van der Waals surface area contributed by atoms with Crippen molar-refractivity contribution in [1.82, 2.24) is 10.2 Å². The molecule has 3 atom stereocenters. The van der Waals surface area contributed by atoms with Crippen LogP contribution in [0.1, 0.15) is 36.2 Å². The molecule has 2 N–H and O–H groups in total. The van der Waals surface area contributed by atoms with Crippen LogP contribution in [0.2, 0.25) is 0 Å². The molecule has 0 saturated carbocycles. The van der Waals surface area contributed by atoms with E-state index in [-0.39, 0.29) is 47.2 Å². The quantitative estimate of drug-likeness (QED) is 0.415. The molecule has 3 rings (SSSR count). The van der Waals surface area contributed by atoms with E-state index in [0.717, 1.165) is 0 Å². The molecule has 7 nitrogen and oxygen atoms in total. The van der Waals surface area contributed by atoms with Gasteiger partial charge < -0.3 is 25.2 Å². The third-order valence-electron chi connectivity index (χ3n) is 4.75. The van der Waals surface area contributed by atoms with Crippen molar-refractivity contribution < 1.29 is 54.2 Å². The molecule has 2 aliphatic rings. The summed E-state index contributed by atoms with van der Waals surface area (Å²) in [6, 6.07) is 6.19. The summed E-state index contributed by atoms with van der Waals surface area (Å²) in [7, 11) is 0. The number of hydrogen-bond acceptors (Lipinski definition) is 5. The summed E-state index contributed by atoms with van der Waals surface area (Å²) in [5.74, 6) is -2.61. The first-order valence-corrected chi connectivity index (χ1v) is 8.21. The van der Waals surface area contributed by atoms with E-state index in [2.05, 4.69) is 5.32 Å². The summed E-state index contributed by atoms with van der Waals surface area (Å²) >= 11 is 0. The topological polar surface area (TPSA) is 110 Å². The molecule has 0 radical (unpaired) electrons. The summed E-state index contributed by atoms with van der Waals surface area (Å²) in [4.78, 5) is 36.8. The van der Waals surface area contributed by atoms with Gasteiger partial charge >= 0.3 is 29.6 Å². The van der Waals surface area contributed by atoms with Gasteiger partial charge in [0, 0.05) is 12.1 Å². The Balaban J connectivity index is 0.00000243. The van der Waals surface area contributed by atoms with E-state index in [1.54, 1.807) is 24.3 Å². The van der Waals surface area contributed by atoms with Gasteiger partial charge in [-0.2, -0.15) is 0 Å². The third-order valence-corrected chi connectivity index (χ3v) is 4.75. The Hall–Kier alpha value is -1.67. The Morgan fingerprint density at radius 3 is 2.46 bits per heavy atom. The number of carboxylic acids is 1. The van der Waals surface area contributed by atoms with E-state index in [1.165, 1.54) is 11.8 Å². The average Bonchev–Trinajstić information content (AvgIpc) is 2.90. The Morgan fingerprint density at radius 1 is 1.35 bits per heavy atom. The molecule has 2 amide bonds. The van der Waals surface area contributed by atoms with Crippen LogP contribution in [0.15, 0.2) is 30.0 Å². The number of carbonyl (C=O) groups excluding carboxylic acids is 3. The number of aliphatic hydroxyl groups excluding tert-OH is 1. The standard InChI is InChI=1S/C18H20N2O5.Na/c1-3-19-16(22)11-6-4-10(5-7-11)12-8-13-14(9(2)21)17(23)20(13)15(12)18(24)25;/h4-7,9,13-14,21H,3,8H2,1-2H3,(H,19,22)(H,24,25);/q;+1/p-1. The van der Waals surface area contributed by atoms with Gasteiger partial charge in [-0.3, -0.25) is 9.59 Å². The van der Waals surface area contributed by atoms with E-state index in [1.807, 2.05) is 6.92 Å². The van der Waals surface area contributed by atoms with Gasteiger partial charge in [-0.15, -0.1) is 0 Å². The van der Waals surface area contributed by atoms with Gasteiger partial charge in [-0.1, -0.05) is 12.1 Å². The molecule has 1 aromatic carbocycles. The minimum absolute atomic E-state index is 0. The average molecular weight is 366 g/mol. The van der Waals surface area contributed by atoms with Crippen molar-refractivity contribution in [2.24, 2.45) is 5.92 Å². The van der Waals surface area contributed by atoms with Crippen LogP contribution < -0.4 is 40.0 Å². The molecule has 0 aromatic heterocycles. The zero-order chi connectivity index (χ0) is 18.3. The number of β-lactam (4-membered cyclic amide) rings is 1. The second-order valence-corrected chi connectivity index (χ2v) is 6.30. The first-order valence-electron chi connectivity index (χ1n) is 8.21. The Morgan fingerprint density at radius 2 is 1.96 bits per heavy atom. The fourth-order valence-electron chi connectivity index (χ4n) is 3.60. The number of rotatable bonds is 5. The maximum atomic E-state index is 12.2. The SMILES string of the molecule is CCNC(=O)c1ccc(C2=C(C(=O)[O-])N3C(=O)C(C(C)O)C3C2)cc1.[Na+]. The number of nitrogens with zero attached hydrogens (tertiary/aromatic N) is 1. The third kappa shape index (κ3) is 3.32. The normalized spacial score (nSPS) is 22.3. The number of hydrogen-bond donors (Lipinski definition) is 2. The number of carbonyl (C=O) groups is 3. The molecule has 1 aromatic rings. The molecule has 0 bridgehead atoms. The number of carboxylic acid groups (broad SMARTS) is 1. The van der Waals surface area contributed by atoms with Crippen LogP contribution in [0.5, 0.6) is 0 Å². The van der Waals surface area contributed by atoms with Crippen molar-refractivity contribution in [2.45, 2.75) is 32.4 Å². The van der Waals surface area contributed by atoms with Gasteiger partial charge in [-0.25, -0.2) is 0 Å². The van der Waals surface area contributed by atoms with Crippen molar-refractivity contribution >= 4 is 23.4 Å². The summed E-state index contributed by atoms with van der Waals surface area (Å²) in [5, 5.41) is 24.0. The van der Waals surface area contributed by atoms with E-state index < -0.39 is 23.9 Å². The van der Waals surface area contributed by atoms with Crippen molar-refractivity contribution in [3.63, 3.8) is 0 Å². The molecule has 1 saturated heterocycles. The zero-order valence-electron chi connectivity index (χ0n) is 15.0. The van der Waals surface area contributed by atoms with Crippen molar-refractivity contribution in [1.29, 1.82) is 0 Å². The first kappa shape index (κ1) is 20.6. The van der Waals surface area contributed by atoms with Gasteiger partial charge in [0.05, 0.1) is 29.7 Å². The smallest absolute Gasteiger partial charge is 0.543 e. The van der Waals surface area contributed by atoms with E-state index >= 15 is 0 Å². The minimum Gasteiger partial charge on any atom is -0.543 e. The van der Waals surface area contributed by atoms with E-state index in [4.69, 9.17) is 0 Å². The molecule has 1 fully saturated rings. The van der Waals surface area contributed by atoms with Crippen LogP contribution in [0.25, 0.3) is 5.57 Å². The van der Waals surface area contributed by atoms with Crippen LogP contribution in [0.3, 0.4) is 0 Å². The summed E-state index contributed by atoms with van der Waals surface area (Å²) < 4.78 is 0. The fourth-order valence-corrected chi connectivity index (χ4v) is 3.60. The largest absolute Gasteiger partial charge is 1.00 e. The number of aliphatic hydroxyl groups is 1. The Kier molecular flexibility index (Phi) is 6.29. The second kappa shape index (κ2) is 7.92. The van der Waals surface area contributed by atoms with Crippen LogP contribution in [-0.4, -0.2) is 46.5 Å². The van der Waals surface area contributed by atoms with Gasteiger partial charge in [0.15, 0.2) is 0 Å². The second-order valence-electron chi connectivity index (χ2n) is 6.30. The maximum absolute atomic E-state index is 12.2. The van der Waals surface area contributed by atoms with Crippen molar-refractivity contribution in [3.05, 3.63) is 41.1 Å². The zero-order valence-corrected chi connectivity index (χ0v) is 17.0. The maximum Gasteiger partial charge on any atom is 1.00 e. The first-order chi connectivity index (χ1) is 11.9. The monoisotopic (exact) mass is 366 g/mol. The molecular weight excluding hydrogens is 347 g/mol. The Labute approximate surface area is 173 Å². The number of benzene rings is 1. The van der Waals surface area contributed by atoms with Gasteiger partial charge in [0.2, 0.25) is 5.91 Å². The van der Waals surface area contributed by atoms with Crippen LogP contribution in [0.4, 0.5) is 0 Å². The molecule has 132 valence electrons. The Bertz CT molecular complexity index is 772. The van der Waals surface area contributed by atoms with Gasteiger partial charge in [-0.05, 0) is 43.5 Å². The van der Waals surface area contributed by atoms with Crippen molar-refractivity contribution in [2.75, 3.05) is 6.54 Å². The summed E-state index contributed by atoms with van der Waals surface area (Å²) in [6.07, 6.45) is -0.498. The molecular formula is C18H19N2NaO5. The van der Waals surface area contributed by atoms with Crippen LogP contribution in [0, 0.1) is 5.92 Å². The number of nitrogens with one attached hydrogen (secondary N) is 1. The predicted octanol–water partition coefficient (Wildman–Crippen LogP) is -3.49. The molecule has 8 heteroatoms. The summed E-state index contributed by atoms with van der Waals surface area (Å²) in [5.41, 5.74) is 1.45. The van der Waals surface area contributed by atoms with E-state index in [9.17, 15) is 24.6 Å². The molecule has 26 heavy (non-hydrogen) atoms. The van der Waals surface area contributed by atoms with E-state index in [0.29, 0.717) is 29.7 Å². The van der Waals surface area contributed by atoms with Gasteiger partial charge in [0.1, 0.15) is 0 Å².